The maximum Gasteiger partial charge on any atom is 0.141 e. The fraction of sp³-hybridized carbons (Fsp3) is 0.286. The first-order valence-corrected chi connectivity index (χ1v) is 6.86. The lowest BCUT2D eigenvalue weighted by molar-refractivity contribution is 0.628. The lowest BCUT2D eigenvalue weighted by atomic mass is 10.1. The third-order valence-corrected chi connectivity index (χ3v) is 3.58. The molecule has 0 spiro atoms. The number of nitrogens with one attached hydrogen (secondary N) is 1. The Labute approximate surface area is 121 Å². The zero-order chi connectivity index (χ0) is 14.0. The van der Waals surface area contributed by atoms with E-state index in [4.69, 9.17) is 23.8 Å². The number of H-pyrrole nitrogens is 1. The lowest BCUT2D eigenvalue weighted by Gasteiger charge is -2.10. The number of aromatic amines is 1. The van der Waals surface area contributed by atoms with Gasteiger partial charge in [0.25, 0.3) is 0 Å². The molecular weight excluding hydrogens is 283 g/mol. The Bertz CT molecular complexity index is 667. The summed E-state index contributed by atoms with van der Waals surface area (Å²) in [5, 5.41) is 0.102. The van der Waals surface area contributed by atoms with Gasteiger partial charge in [-0.2, -0.15) is 0 Å². The standard InChI is InChI=1S/C14H14ClFN2S/c1-3-4-12-17-13(8(2)14(19)18-12)9-5-6-11(16)10(15)7-9/h5-7H,3-4H2,1-2H3,(H,17,18,19). The molecule has 0 aliphatic carbocycles. The van der Waals surface area contributed by atoms with E-state index in [-0.39, 0.29) is 5.02 Å². The van der Waals surface area contributed by atoms with E-state index in [2.05, 4.69) is 16.9 Å². The summed E-state index contributed by atoms with van der Waals surface area (Å²) in [6.07, 6.45) is 1.80. The van der Waals surface area contributed by atoms with Crippen molar-refractivity contribution in [3.8, 4) is 11.3 Å². The molecule has 0 aliphatic heterocycles. The van der Waals surface area contributed by atoms with Crippen LogP contribution in [0.2, 0.25) is 5.02 Å². The number of hydrogen-bond donors (Lipinski definition) is 1. The number of rotatable bonds is 3. The Kier molecular flexibility index (Phi) is 4.32. The van der Waals surface area contributed by atoms with Crippen molar-refractivity contribution in [3.05, 3.63) is 45.1 Å². The van der Waals surface area contributed by atoms with Crippen LogP contribution in [0.1, 0.15) is 24.7 Å². The Morgan fingerprint density at radius 2 is 2.16 bits per heavy atom. The number of benzene rings is 1. The Hall–Kier alpha value is -1.26. The fourth-order valence-electron chi connectivity index (χ4n) is 1.87. The topological polar surface area (TPSA) is 28.7 Å². The minimum absolute atomic E-state index is 0.102. The minimum Gasteiger partial charge on any atom is -0.343 e. The van der Waals surface area contributed by atoms with Crippen molar-refractivity contribution in [3.63, 3.8) is 0 Å². The van der Waals surface area contributed by atoms with E-state index in [1.807, 2.05) is 6.92 Å². The highest BCUT2D eigenvalue weighted by atomic mass is 35.5. The lowest BCUT2D eigenvalue weighted by Crippen LogP contribution is -2.00. The molecule has 0 saturated heterocycles. The molecule has 2 aromatic rings. The Balaban J connectivity index is 2.60. The Morgan fingerprint density at radius 3 is 2.79 bits per heavy atom. The van der Waals surface area contributed by atoms with Crippen molar-refractivity contribution in [2.75, 3.05) is 0 Å². The largest absolute Gasteiger partial charge is 0.343 e. The molecule has 1 aromatic heterocycles. The van der Waals surface area contributed by atoms with Crippen molar-refractivity contribution in [2.24, 2.45) is 0 Å². The summed E-state index contributed by atoms with van der Waals surface area (Å²) >= 11 is 11.1. The molecule has 1 aromatic carbocycles. The highest BCUT2D eigenvalue weighted by Gasteiger charge is 2.09. The number of nitrogens with zero attached hydrogens (tertiary/aromatic N) is 1. The second-order valence-electron chi connectivity index (χ2n) is 4.37. The first-order valence-electron chi connectivity index (χ1n) is 6.08. The van der Waals surface area contributed by atoms with Crippen molar-refractivity contribution < 1.29 is 4.39 Å². The smallest absolute Gasteiger partial charge is 0.141 e. The van der Waals surface area contributed by atoms with Gasteiger partial charge in [-0.25, -0.2) is 9.37 Å². The summed E-state index contributed by atoms with van der Waals surface area (Å²) in [6.45, 7) is 3.97. The van der Waals surface area contributed by atoms with E-state index >= 15 is 0 Å². The molecule has 0 atom stereocenters. The van der Waals surface area contributed by atoms with Crippen LogP contribution < -0.4 is 0 Å². The molecule has 1 heterocycles. The quantitative estimate of drug-likeness (QED) is 0.819. The second kappa shape index (κ2) is 5.80. The van der Waals surface area contributed by atoms with Gasteiger partial charge in [0.2, 0.25) is 0 Å². The second-order valence-corrected chi connectivity index (χ2v) is 5.16. The number of halogens is 2. The number of hydrogen-bond acceptors (Lipinski definition) is 2. The predicted octanol–water partition coefficient (Wildman–Crippen LogP) is 4.86. The molecule has 0 fully saturated rings. The average molecular weight is 297 g/mol. The molecule has 1 N–H and O–H groups in total. The van der Waals surface area contributed by atoms with Gasteiger partial charge in [0, 0.05) is 17.5 Å². The first kappa shape index (κ1) is 14.2. The average Bonchev–Trinajstić information content (AvgIpc) is 2.37. The van der Waals surface area contributed by atoms with Crippen molar-refractivity contribution >= 4 is 23.8 Å². The summed E-state index contributed by atoms with van der Waals surface area (Å²) in [5.41, 5.74) is 2.54. The van der Waals surface area contributed by atoms with Gasteiger partial charge in [0.1, 0.15) is 16.3 Å². The maximum atomic E-state index is 13.2. The zero-order valence-corrected chi connectivity index (χ0v) is 12.3. The van der Waals surface area contributed by atoms with Crippen molar-refractivity contribution in [2.45, 2.75) is 26.7 Å². The molecule has 2 rings (SSSR count). The summed E-state index contributed by atoms with van der Waals surface area (Å²) in [7, 11) is 0. The van der Waals surface area contributed by atoms with Crippen molar-refractivity contribution in [1.82, 2.24) is 9.97 Å². The predicted molar refractivity (Wildman–Crippen MR) is 78.6 cm³/mol. The Morgan fingerprint density at radius 1 is 1.42 bits per heavy atom. The van der Waals surface area contributed by atoms with E-state index < -0.39 is 5.82 Å². The van der Waals surface area contributed by atoms with E-state index in [0.29, 0.717) is 4.64 Å². The first-order chi connectivity index (χ1) is 9.02. The van der Waals surface area contributed by atoms with Gasteiger partial charge in [-0.3, -0.25) is 0 Å². The van der Waals surface area contributed by atoms with Crippen LogP contribution in [-0.4, -0.2) is 9.97 Å². The van der Waals surface area contributed by atoms with Gasteiger partial charge < -0.3 is 4.98 Å². The molecule has 2 nitrogen and oxygen atoms in total. The molecule has 5 heteroatoms. The van der Waals surface area contributed by atoms with Crippen LogP contribution in [-0.2, 0) is 6.42 Å². The van der Waals surface area contributed by atoms with E-state index in [1.54, 1.807) is 12.1 Å². The molecule has 0 aliphatic rings. The third-order valence-electron chi connectivity index (χ3n) is 2.90. The van der Waals surface area contributed by atoms with E-state index in [1.165, 1.54) is 6.07 Å². The normalized spacial score (nSPS) is 10.7. The third kappa shape index (κ3) is 3.01. The molecule has 0 saturated carbocycles. The van der Waals surface area contributed by atoms with Gasteiger partial charge in [-0.1, -0.05) is 30.7 Å². The van der Waals surface area contributed by atoms with E-state index in [0.717, 1.165) is 35.5 Å². The van der Waals surface area contributed by atoms with Gasteiger partial charge in [0.05, 0.1) is 10.7 Å². The highest BCUT2D eigenvalue weighted by molar-refractivity contribution is 7.71. The maximum absolute atomic E-state index is 13.2. The van der Waals surface area contributed by atoms with Crippen molar-refractivity contribution in [1.29, 1.82) is 0 Å². The van der Waals surface area contributed by atoms with Crippen LogP contribution in [0.4, 0.5) is 4.39 Å². The summed E-state index contributed by atoms with van der Waals surface area (Å²) < 4.78 is 13.8. The van der Waals surface area contributed by atoms with Gasteiger partial charge in [-0.15, -0.1) is 0 Å². The van der Waals surface area contributed by atoms with Gasteiger partial charge in [-0.05, 0) is 31.5 Å². The highest BCUT2D eigenvalue weighted by Crippen LogP contribution is 2.26. The van der Waals surface area contributed by atoms with E-state index in [9.17, 15) is 4.39 Å². The summed E-state index contributed by atoms with van der Waals surface area (Å²) in [5.74, 6) is 0.415. The van der Waals surface area contributed by atoms with Crippen LogP contribution in [0, 0.1) is 17.4 Å². The van der Waals surface area contributed by atoms with Crippen LogP contribution in [0.15, 0.2) is 18.2 Å². The molecule has 100 valence electrons. The summed E-state index contributed by atoms with van der Waals surface area (Å²) in [6, 6.07) is 4.64. The molecule has 0 amide bonds. The molecule has 19 heavy (non-hydrogen) atoms. The van der Waals surface area contributed by atoms with Gasteiger partial charge in [0.15, 0.2) is 0 Å². The van der Waals surface area contributed by atoms with Crippen LogP contribution in [0.3, 0.4) is 0 Å². The zero-order valence-electron chi connectivity index (χ0n) is 10.8. The van der Waals surface area contributed by atoms with Crippen LogP contribution in [0.5, 0.6) is 0 Å². The monoisotopic (exact) mass is 296 g/mol. The fourth-order valence-corrected chi connectivity index (χ4v) is 2.27. The SMILES string of the molecule is CCCc1nc(=S)c(C)c(-c2ccc(F)c(Cl)c2)[nH]1. The molecule has 0 unspecified atom stereocenters. The minimum atomic E-state index is -0.426. The number of aromatic nitrogens is 2. The molecular formula is C14H14ClFN2S. The van der Waals surface area contributed by atoms with Gasteiger partial charge >= 0.3 is 0 Å². The molecule has 0 radical (unpaired) electrons. The number of aryl methyl sites for hydroxylation is 1. The van der Waals surface area contributed by atoms with Crippen LogP contribution in [0.25, 0.3) is 11.3 Å². The van der Waals surface area contributed by atoms with Crippen LogP contribution >= 0.6 is 23.8 Å². The molecule has 0 bridgehead atoms. The summed E-state index contributed by atoms with van der Waals surface area (Å²) in [4.78, 5) is 7.60.